The molecule has 0 spiro atoms. The molecule has 0 fully saturated rings. The van der Waals surface area contributed by atoms with E-state index in [1.807, 2.05) is 21.1 Å². The molecule has 0 saturated carbocycles. The minimum Gasteiger partial charge on any atom is -0.481 e. The number of likely N-dealkylation sites (N-methyl/N-ethyl adjacent to an activating group) is 1. The molecular weight excluding hydrogens is 372 g/mol. The number of aliphatic carboxylic acids is 2. The molecule has 170 valence electrons. The van der Waals surface area contributed by atoms with Gasteiger partial charge in [-0.25, -0.2) is 0 Å². The summed E-state index contributed by atoms with van der Waals surface area (Å²) in [6.45, 7) is 1.23. The number of carbonyl (C=O) groups is 3. The third-order valence-electron chi connectivity index (χ3n) is 4.87. The summed E-state index contributed by atoms with van der Waals surface area (Å²) < 4.78 is 0.708. The van der Waals surface area contributed by atoms with Gasteiger partial charge < -0.3 is 20.0 Å². The molecule has 0 bridgehead atoms. The fraction of sp³-hybridized carbons (Fsp3) is 0.864. The average molecular weight is 416 g/mol. The zero-order valence-corrected chi connectivity index (χ0v) is 18.8. The SMILES string of the molecule is C[N+](C)(C)CC(=O)CCCCCCCCCCCCN[C@H](CCC(=O)O)C(=O)O. The van der Waals surface area contributed by atoms with Gasteiger partial charge in [0, 0.05) is 12.8 Å². The Balaban J connectivity index is 3.44. The smallest absolute Gasteiger partial charge is 0.320 e. The third-order valence-corrected chi connectivity index (χ3v) is 4.87. The number of nitrogens with zero attached hydrogens (tertiary/aromatic N) is 1. The molecule has 0 radical (unpaired) electrons. The van der Waals surface area contributed by atoms with Crippen molar-refractivity contribution >= 4 is 17.7 Å². The lowest BCUT2D eigenvalue weighted by atomic mass is 10.0. The molecular formula is C22H43N2O5+. The van der Waals surface area contributed by atoms with Crippen LogP contribution >= 0.6 is 0 Å². The number of carboxylic acid groups (broad SMARTS) is 2. The Morgan fingerprint density at radius 2 is 1.24 bits per heavy atom. The summed E-state index contributed by atoms with van der Waals surface area (Å²) in [5.74, 6) is -1.58. The van der Waals surface area contributed by atoms with E-state index < -0.39 is 18.0 Å². The van der Waals surface area contributed by atoms with Gasteiger partial charge in [-0.15, -0.1) is 0 Å². The molecule has 0 amide bonds. The van der Waals surface area contributed by atoms with Crippen molar-refractivity contribution in [1.82, 2.24) is 5.32 Å². The van der Waals surface area contributed by atoms with Gasteiger partial charge in [0.1, 0.15) is 12.6 Å². The predicted molar refractivity (Wildman–Crippen MR) is 115 cm³/mol. The summed E-state index contributed by atoms with van der Waals surface area (Å²) in [5, 5.41) is 20.6. The largest absolute Gasteiger partial charge is 0.481 e. The van der Waals surface area contributed by atoms with Crippen LogP contribution in [0.15, 0.2) is 0 Å². The highest BCUT2D eigenvalue weighted by Crippen LogP contribution is 2.12. The van der Waals surface area contributed by atoms with Gasteiger partial charge in [0.05, 0.1) is 21.1 Å². The van der Waals surface area contributed by atoms with Gasteiger partial charge >= 0.3 is 11.9 Å². The first kappa shape index (κ1) is 27.5. The van der Waals surface area contributed by atoms with Crippen LogP contribution in [0.1, 0.15) is 83.5 Å². The standard InChI is InChI=1S/C22H42N2O5/c1-24(2,3)18-19(25)14-12-10-8-6-4-5-7-9-11-13-17-23-20(22(28)29)15-16-21(26)27/h20,23H,4-18H2,1-3H3,(H-,26,27,28,29)/p+1/t20-/m1/s1. The van der Waals surface area contributed by atoms with Gasteiger partial charge in [0.15, 0.2) is 5.78 Å². The van der Waals surface area contributed by atoms with Crippen molar-refractivity contribution in [1.29, 1.82) is 0 Å². The monoisotopic (exact) mass is 415 g/mol. The predicted octanol–water partition coefficient (Wildman–Crippen LogP) is 3.46. The topological polar surface area (TPSA) is 104 Å². The molecule has 0 aliphatic carbocycles. The summed E-state index contributed by atoms with van der Waals surface area (Å²) in [6, 6.07) is -0.770. The maximum atomic E-state index is 11.8. The fourth-order valence-corrected chi connectivity index (χ4v) is 3.33. The van der Waals surface area contributed by atoms with Crippen LogP contribution in [0.25, 0.3) is 0 Å². The summed E-state index contributed by atoms with van der Waals surface area (Å²) in [6.07, 6.45) is 12.1. The van der Waals surface area contributed by atoms with E-state index in [9.17, 15) is 14.4 Å². The maximum Gasteiger partial charge on any atom is 0.320 e. The highest BCUT2D eigenvalue weighted by molar-refractivity contribution is 5.79. The van der Waals surface area contributed by atoms with E-state index in [-0.39, 0.29) is 12.8 Å². The van der Waals surface area contributed by atoms with Crippen LogP contribution in [0.4, 0.5) is 0 Å². The molecule has 3 N–H and O–H groups in total. The van der Waals surface area contributed by atoms with Crippen LogP contribution in [0.2, 0.25) is 0 Å². The molecule has 0 unspecified atom stereocenters. The van der Waals surface area contributed by atoms with Crippen molar-refractivity contribution < 1.29 is 29.1 Å². The highest BCUT2D eigenvalue weighted by atomic mass is 16.4. The summed E-state index contributed by atoms with van der Waals surface area (Å²) in [4.78, 5) is 33.4. The molecule has 0 aliphatic rings. The van der Waals surface area contributed by atoms with Gasteiger partial charge in [-0.1, -0.05) is 51.4 Å². The quantitative estimate of drug-likeness (QED) is 0.208. The van der Waals surface area contributed by atoms with Crippen LogP contribution in [0, 0.1) is 0 Å². The van der Waals surface area contributed by atoms with Crippen molar-refractivity contribution in [3.63, 3.8) is 0 Å². The average Bonchev–Trinajstić information content (AvgIpc) is 2.59. The number of carboxylic acids is 2. The van der Waals surface area contributed by atoms with Crippen molar-refractivity contribution in [3.05, 3.63) is 0 Å². The molecule has 0 rings (SSSR count). The van der Waals surface area contributed by atoms with E-state index in [0.29, 0.717) is 29.8 Å². The van der Waals surface area contributed by atoms with Crippen molar-refractivity contribution in [2.24, 2.45) is 0 Å². The lowest BCUT2D eigenvalue weighted by Gasteiger charge is -2.22. The fourth-order valence-electron chi connectivity index (χ4n) is 3.33. The van der Waals surface area contributed by atoms with Crippen LogP contribution in [0.3, 0.4) is 0 Å². The molecule has 29 heavy (non-hydrogen) atoms. The Morgan fingerprint density at radius 3 is 1.69 bits per heavy atom. The van der Waals surface area contributed by atoms with Crippen molar-refractivity contribution in [3.8, 4) is 0 Å². The summed E-state index contributed by atoms with van der Waals surface area (Å²) >= 11 is 0. The van der Waals surface area contributed by atoms with Crippen LogP contribution in [0.5, 0.6) is 0 Å². The maximum absolute atomic E-state index is 11.8. The first-order valence-electron chi connectivity index (χ1n) is 11.1. The second-order valence-corrected chi connectivity index (χ2v) is 9.05. The van der Waals surface area contributed by atoms with E-state index in [0.717, 1.165) is 32.1 Å². The van der Waals surface area contributed by atoms with E-state index in [4.69, 9.17) is 10.2 Å². The minimum atomic E-state index is -0.982. The highest BCUT2D eigenvalue weighted by Gasteiger charge is 2.17. The zero-order chi connectivity index (χ0) is 22.1. The minimum absolute atomic E-state index is 0.120. The van der Waals surface area contributed by atoms with Gasteiger partial charge in [-0.3, -0.25) is 14.4 Å². The Labute approximate surface area is 176 Å². The van der Waals surface area contributed by atoms with E-state index in [1.165, 1.54) is 32.1 Å². The Kier molecular flexibility index (Phi) is 15.5. The normalized spacial score (nSPS) is 12.7. The van der Waals surface area contributed by atoms with E-state index in [2.05, 4.69) is 5.32 Å². The van der Waals surface area contributed by atoms with Gasteiger partial charge in [-0.2, -0.15) is 0 Å². The lowest BCUT2D eigenvalue weighted by Crippen LogP contribution is -2.39. The molecule has 1 atom stereocenters. The molecule has 0 heterocycles. The summed E-state index contributed by atoms with van der Waals surface area (Å²) in [5.41, 5.74) is 0. The third kappa shape index (κ3) is 19.6. The number of Topliss-reactive ketones (excluding diaryl/α,β-unsaturated/α-hetero) is 1. The zero-order valence-electron chi connectivity index (χ0n) is 18.8. The molecule has 0 aromatic heterocycles. The Bertz CT molecular complexity index is 474. The molecule has 0 saturated heterocycles. The summed E-state index contributed by atoms with van der Waals surface area (Å²) in [7, 11) is 6.14. The number of unbranched alkanes of at least 4 members (excludes halogenated alkanes) is 9. The first-order valence-corrected chi connectivity index (χ1v) is 11.1. The first-order chi connectivity index (χ1) is 13.6. The van der Waals surface area contributed by atoms with E-state index >= 15 is 0 Å². The Hall–Kier alpha value is -1.47. The Morgan fingerprint density at radius 1 is 0.759 bits per heavy atom. The van der Waals surface area contributed by atoms with Crippen molar-refractivity contribution in [2.45, 2.75) is 89.5 Å². The number of rotatable bonds is 20. The van der Waals surface area contributed by atoms with Crippen LogP contribution < -0.4 is 5.32 Å². The molecule has 7 heteroatoms. The van der Waals surface area contributed by atoms with Crippen LogP contribution in [-0.4, -0.2) is 72.7 Å². The second-order valence-electron chi connectivity index (χ2n) is 9.05. The second kappa shape index (κ2) is 16.3. The van der Waals surface area contributed by atoms with Gasteiger partial charge in [0.2, 0.25) is 0 Å². The van der Waals surface area contributed by atoms with Crippen LogP contribution in [-0.2, 0) is 14.4 Å². The number of hydrogen-bond acceptors (Lipinski definition) is 4. The number of nitrogens with one attached hydrogen (secondary N) is 1. The number of quaternary nitrogens is 1. The molecule has 0 aromatic rings. The van der Waals surface area contributed by atoms with Gasteiger partial charge in [0.25, 0.3) is 0 Å². The number of carbonyl (C=O) groups excluding carboxylic acids is 1. The van der Waals surface area contributed by atoms with E-state index in [1.54, 1.807) is 0 Å². The molecule has 0 aromatic carbocycles. The molecule has 0 aliphatic heterocycles. The lowest BCUT2D eigenvalue weighted by molar-refractivity contribution is -0.862. The molecule has 7 nitrogen and oxygen atoms in total. The van der Waals surface area contributed by atoms with Gasteiger partial charge in [-0.05, 0) is 25.8 Å². The van der Waals surface area contributed by atoms with Crippen molar-refractivity contribution in [2.75, 3.05) is 34.2 Å². The number of ketones is 1. The number of hydrogen-bond donors (Lipinski definition) is 3.